The predicted molar refractivity (Wildman–Crippen MR) is 131 cm³/mol. The Bertz CT molecular complexity index is 1400. The molecule has 0 unspecified atom stereocenters. The van der Waals surface area contributed by atoms with Gasteiger partial charge in [-0.1, -0.05) is 65.1 Å². The number of nitrogens with zero attached hydrogens (tertiary/aromatic N) is 1. The molecule has 0 saturated heterocycles. The maximum Gasteiger partial charge on any atom is 0.238 e. The summed E-state index contributed by atoms with van der Waals surface area (Å²) in [6.45, 7) is 0. The van der Waals surface area contributed by atoms with Gasteiger partial charge in [-0.2, -0.15) is 0 Å². The lowest BCUT2D eigenvalue weighted by Gasteiger charge is -2.09. The average Bonchev–Trinajstić information content (AvgIpc) is 3.18. The van der Waals surface area contributed by atoms with Crippen LogP contribution in [0.3, 0.4) is 0 Å². The number of halogens is 3. The van der Waals surface area contributed by atoms with Crippen molar-refractivity contribution in [3.05, 3.63) is 75.7 Å². The van der Waals surface area contributed by atoms with Crippen LogP contribution < -0.4 is 9.88 Å². The summed E-state index contributed by atoms with van der Waals surface area (Å²) < 4.78 is 28.5. The van der Waals surface area contributed by atoms with E-state index in [9.17, 15) is 8.42 Å². The molecule has 3 aromatic carbocycles. The van der Waals surface area contributed by atoms with Crippen LogP contribution in [0.25, 0.3) is 32.3 Å². The lowest BCUT2D eigenvalue weighted by molar-refractivity contribution is 0.415. The molecule has 0 aliphatic heterocycles. The summed E-state index contributed by atoms with van der Waals surface area (Å²) in [7, 11) is -2.32. The van der Waals surface area contributed by atoms with Gasteiger partial charge in [-0.3, -0.25) is 0 Å². The fourth-order valence-corrected chi connectivity index (χ4v) is 5.72. The highest BCUT2D eigenvalue weighted by molar-refractivity contribution is 7.89. The summed E-state index contributed by atoms with van der Waals surface area (Å²) in [5.41, 5.74) is 2.84. The fourth-order valence-electron chi connectivity index (χ4n) is 3.15. The summed E-state index contributed by atoms with van der Waals surface area (Å²) >= 11 is 20.6. The first kappa shape index (κ1) is 23.0. The molecule has 2 N–H and O–H groups in total. The Morgan fingerprint density at radius 1 is 0.906 bits per heavy atom. The van der Waals surface area contributed by atoms with E-state index in [-0.39, 0.29) is 4.90 Å². The van der Waals surface area contributed by atoms with Crippen LogP contribution in [0.15, 0.2) is 65.6 Å². The van der Waals surface area contributed by atoms with E-state index < -0.39 is 10.0 Å². The highest BCUT2D eigenvalue weighted by atomic mass is 35.5. The summed E-state index contributed by atoms with van der Waals surface area (Å²) in [4.78, 5) is 5.64. The van der Waals surface area contributed by atoms with E-state index in [1.54, 1.807) is 30.3 Å². The van der Waals surface area contributed by atoms with Crippen LogP contribution in [0.4, 0.5) is 0 Å². The minimum Gasteiger partial charge on any atom is -0.494 e. The second kappa shape index (κ2) is 9.02. The zero-order valence-corrected chi connectivity index (χ0v) is 20.4. The number of hydrogen-bond donors (Lipinski definition) is 1. The number of hydrogen-bond acceptors (Lipinski definition) is 5. The number of rotatable bonds is 5. The molecule has 4 aromatic rings. The molecule has 0 spiro atoms. The number of thiazole rings is 1. The van der Waals surface area contributed by atoms with Crippen molar-refractivity contribution < 1.29 is 13.2 Å². The van der Waals surface area contributed by atoms with E-state index in [0.717, 1.165) is 16.0 Å². The van der Waals surface area contributed by atoms with Gasteiger partial charge in [0.2, 0.25) is 10.0 Å². The fraction of sp³-hybridized carbons (Fsp3) is 0.0455. The molecule has 0 atom stereocenters. The smallest absolute Gasteiger partial charge is 0.238 e. The SMILES string of the molecule is COc1c(Cl)cc(-c2nc(-c3ccccc3Cl)sc2-c2ccc(S(N)(=O)=O)cc2)cc1Cl. The Hall–Kier alpha value is -2.13. The quantitative estimate of drug-likeness (QED) is 0.312. The van der Waals surface area contributed by atoms with Gasteiger partial charge in [-0.05, 0) is 35.9 Å². The van der Waals surface area contributed by atoms with E-state index in [2.05, 4.69) is 0 Å². The number of ether oxygens (including phenoxy) is 1. The molecule has 0 aliphatic carbocycles. The molecule has 0 radical (unpaired) electrons. The minimum absolute atomic E-state index is 0.0224. The molecule has 164 valence electrons. The molecular formula is C22H15Cl3N2O3S2. The van der Waals surface area contributed by atoms with E-state index in [1.807, 2.05) is 18.2 Å². The molecule has 4 rings (SSSR count). The molecule has 0 fully saturated rings. The summed E-state index contributed by atoms with van der Waals surface area (Å²) in [5, 5.41) is 7.18. The van der Waals surface area contributed by atoms with E-state index in [1.165, 1.54) is 30.6 Å². The first-order valence-electron chi connectivity index (χ1n) is 9.11. The van der Waals surface area contributed by atoms with Gasteiger partial charge in [0.25, 0.3) is 0 Å². The van der Waals surface area contributed by atoms with E-state index >= 15 is 0 Å². The summed E-state index contributed by atoms with van der Waals surface area (Å²) in [5.74, 6) is 0.373. The van der Waals surface area contributed by atoms with Crippen molar-refractivity contribution in [1.29, 1.82) is 0 Å². The normalized spacial score (nSPS) is 11.5. The molecule has 1 aromatic heterocycles. The van der Waals surface area contributed by atoms with E-state index in [0.29, 0.717) is 37.1 Å². The Kier molecular flexibility index (Phi) is 6.49. The van der Waals surface area contributed by atoms with Gasteiger partial charge >= 0.3 is 0 Å². The number of benzene rings is 3. The van der Waals surface area contributed by atoms with Gasteiger partial charge in [0, 0.05) is 11.1 Å². The minimum atomic E-state index is -3.80. The number of nitrogens with two attached hydrogens (primary N) is 1. The zero-order chi connectivity index (χ0) is 23.0. The van der Waals surface area contributed by atoms with Gasteiger partial charge < -0.3 is 4.74 Å². The third kappa shape index (κ3) is 4.50. The lowest BCUT2D eigenvalue weighted by Crippen LogP contribution is -2.11. The van der Waals surface area contributed by atoms with Crippen LogP contribution in [-0.4, -0.2) is 20.5 Å². The summed E-state index contributed by atoms with van der Waals surface area (Å²) in [6, 6.07) is 17.1. The molecular weight excluding hydrogens is 511 g/mol. The predicted octanol–water partition coefficient (Wildman–Crippen LogP) is 6.76. The van der Waals surface area contributed by atoms with Gasteiger partial charge in [0.05, 0.1) is 37.6 Å². The lowest BCUT2D eigenvalue weighted by atomic mass is 10.1. The van der Waals surface area contributed by atoms with Crippen LogP contribution >= 0.6 is 46.1 Å². The molecule has 0 bridgehead atoms. The van der Waals surface area contributed by atoms with Gasteiger partial charge in [0.1, 0.15) is 5.01 Å². The Morgan fingerprint density at radius 2 is 1.53 bits per heavy atom. The van der Waals surface area contributed by atoms with Crippen LogP contribution in [0, 0.1) is 0 Å². The third-order valence-electron chi connectivity index (χ3n) is 4.65. The number of sulfonamides is 1. The molecule has 1 heterocycles. The molecule has 0 aliphatic rings. The van der Waals surface area contributed by atoms with Gasteiger partial charge in [-0.25, -0.2) is 18.5 Å². The number of primary sulfonamides is 1. The largest absolute Gasteiger partial charge is 0.494 e. The Morgan fingerprint density at radius 3 is 2.09 bits per heavy atom. The molecule has 10 heteroatoms. The van der Waals surface area contributed by atoms with Crippen molar-refractivity contribution in [3.8, 4) is 38.0 Å². The van der Waals surface area contributed by atoms with Crippen LogP contribution in [0.1, 0.15) is 0 Å². The average molecular weight is 526 g/mol. The van der Waals surface area contributed by atoms with Crippen molar-refractivity contribution in [1.82, 2.24) is 4.98 Å². The topological polar surface area (TPSA) is 82.3 Å². The van der Waals surface area contributed by atoms with Gasteiger partial charge in [0.15, 0.2) is 5.75 Å². The maximum atomic E-state index is 11.6. The molecule has 0 saturated carbocycles. The van der Waals surface area contributed by atoms with Crippen molar-refractivity contribution in [2.24, 2.45) is 5.14 Å². The molecule has 0 amide bonds. The van der Waals surface area contributed by atoms with Crippen molar-refractivity contribution in [3.63, 3.8) is 0 Å². The summed E-state index contributed by atoms with van der Waals surface area (Å²) in [6.07, 6.45) is 0. The molecule has 32 heavy (non-hydrogen) atoms. The highest BCUT2D eigenvalue weighted by Gasteiger charge is 2.20. The first-order chi connectivity index (χ1) is 15.2. The second-order valence-electron chi connectivity index (χ2n) is 6.72. The van der Waals surface area contributed by atoms with E-state index in [4.69, 9.17) is 49.7 Å². The first-order valence-corrected chi connectivity index (χ1v) is 12.6. The monoisotopic (exact) mass is 524 g/mol. The molecule has 5 nitrogen and oxygen atoms in total. The van der Waals surface area contributed by atoms with Crippen molar-refractivity contribution in [2.75, 3.05) is 7.11 Å². The van der Waals surface area contributed by atoms with Crippen LogP contribution in [-0.2, 0) is 10.0 Å². The van der Waals surface area contributed by atoms with Crippen LogP contribution in [0.2, 0.25) is 15.1 Å². The number of methoxy groups -OCH3 is 1. The third-order valence-corrected chi connectivity index (χ3v) is 7.61. The van der Waals surface area contributed by atoms with Crippen LogP contribution in [0.5, 0.6) is 5.75 Å². The zero-order valence-electron chi connectivity index (χ0n) is 16.5. The van der Waals surface area contributed by atoms with Crippen molar-refractivity contribution >= 4 is 56.2 Å². The number of aromatic nitrogens is 1. The Labute approximate surface area is 204 Å². The van der Waals surface area contributed by atoms with Gasteiger partial charge in [-0.15, -0.1) is 11.3 Å². The highest BCUT2D eigenvalue weighted by Crippen LogP contribution is 2.45. The second-order valence-corrected chi connectivity index (χ2v) is 10.5. The standard InChI is InChI=1S/C22H15Cl3N2O3S2/c1-30-20-17(24)10-13(11-18(20)25)19-21(12-6-8-14(9-7-12)32(26,28)29)31-22(27-19)15-4-2-3-5-16(15)23/h2-11H,1H3,(H2,26,28,29). The van der Waals surface area contributed by atoms with Crippen molar-refractivity contribution in [2.45, 2.75) is 4.90 Å². The maximum absolute atomic E-state index is 11.6. The Balaban J connectivity index is 1.93.